The van der Waals surface area contributed by atoms with Crippen molar-refractivity contribution in [2.45, 2.75) is 35.5 Å². The van der Waals surface area contributed by atoms with E-state index in [0.29, 0.717) is 43.2 Å². The molecule has 142 valence electrons. The third-order valence-corrected chi connectivity index (χ3v) is 5.00. The number of hydrogen-bond donors (Lipinski definition) is 2. The van der Waals surface area contributed by atoms with E-state index >= 15 is 0 Å². The molecule has 0 spiro atoms. The zero-order chi connectivity index (χ0) is 19.1. The summed E-state index contributed by atoms with van der Waals surface area (Å²) in [5, 5.41) is 11.6. The summed E-state index contributed by atoms with van der Waals surface area (Å²) >= 11 is 1.53. The average Bonchev–Trinajstić information content (AvgIpc) is 2.66. The predicted molar refractivity (Wildman–Crippen MR) is 103 cm³/mol. The van der Waals surface area contributed by atoms with Crippen molar-refractivity contribution in [3.05, 3.63) is 42.5 Å². The molecule has 0 atom stereocenters. The Balaban J connectivity index is 1.73. The van der Waals surface area contributed by atoms with Gasteiger partial charge in [-0.15, -0.1) is 0 Å². The largest absolute Gasteiger partial charge is 0.486 e. The maximum atomic E-state index is 12.3. The first-order valence-electron chi connectivity index (χ1n) is 8.80. The van der Waals surface area contributed by atoms with Gasteiger partial charge in [-0.2, -0.15) is 0 Å². The minimum atomic E-state index is -0.844. The fourth-order valence-electron chi connectivity index (χ4n) is 2.64. The zero-order valence-electron chi connectivity index (χ0n) is 14.8. The summed E-state index contributed by atoms with van der Waals surface area (Å²) in [6, 6.07) is 13.5. The molecule has 1 amide bonds. The highest BCUT2D eigenvalue weighted by molar-refractivity contribution is 7.99. The van der Waals surface area contributed by atoms with Gasteiger partial charge >= 0.3 is 5.97 Å². The molecule has 0 radical (unpaired) electrons. The number of ether oxygens (including phenoxy) is 2. The van der Waals surface area contributed by atoms with Gasteiger partial charge in [0, 0.05) is 34.8 Å². The van der Waals surface area contributed by atoms with E-state index in [1.165, 1.54) is 11.8 Å². The molecule has 0 saturated heterocycles. The van der Waals surface area contributed by atoms with Crippen LogP contribution < -0.4 is 14.8 Å². The van der Waals surface area contributed by atoms with Crippen LogP contribution in [0.5, 0.6) is 11.5 Å². The van der Waals surface area contributed by atoms with Crippen LogP contribution in [0.2, 0.25) is 0 Å². The van der Waals surface area contributed by atoms with Gasteiger partial charge in [-0.3, -0.25) is 9.59 Å². The van der Waals surface area contributed by atoms with E-state index in [2.05, 4.69) is 5.32 Å². The highest BCUT2D eigenvalue weighted by atomic mass is 32.2. The normalized spacial score (nSPS) is 12.4. The van der Waals surface area contributed by atoms with Gasteiger partial charge in [-0.25, -0.2) is 0 Å². The Labute approximate surface area is 161 Å². The van der Waals surface area contributed by atoms with Crippen molar-refractivity contribution >= 4 is 29.3 Å². The van der Waals surface area contributed by atoms with Crippen molar-refractivity contribution in [2.75, 3.05) is 18.5 Å². The van der Waals surface area contributed by atoms with Crippen LogP contribution in [0.15, 0.2) is 52.3 Å². The van der Waals surface area contributed by atoms with E-state index < -0.39 is 5.97 Å². The molecule has 0 bridgehead atoms. The first kappa shape index (κ1) is 19.1. The summed E-state index contributed by atoms with van der Waals surface area (Å²) in [4.78, 5) is 24.8. The molecule has 0 aromatic heterocycles. The van der Waals surface area contributed by atoms with Crippen LogP contribution >= 0.6 is 11.8 Å². The first-order chi connectivity index (χ1) is 13.1. The van der Waals surface area contributed by atoms with Crippen LogP contribution in [-0.2, 0) is 9.59 Å². The molecule has 3 rings (SSSR count). The zero-order valence-corrected chi connectivity index (χ0v) is 15.6. The lowest BCUT2D eigenvalue weighted by atomic mass is 10.2. The highest BCUT2D eigenvalue weighted by Crippen LogP contribution is 2.42. The Morgan fingerprint density at radius 3 is 2.37 bits per heavy atom. The Morgan fingerprint density at radius 1 is 1.00 bits per heavy atom. The molecule has 27 heavy (non-hydrogen) atoms. The number of nitrogens with one attached hydrogen (secondary N) is 1. The Kier molecular flexibility index (Phi) is 6.59. The Morgan fingerprint density at radius 2 is 1.67 bits per heavy atom. The minimum Gasteiger partial charge on any atom is -0.486 e. The summed E-state index contributed by atoms with van der Waals surface area (Å²) < 4.78 is 11.3. The summed E-state index contributed by atoms with van der Waals surface area (Å²) in [7, 11) is 0. The van der Waals surface area contributed by atoms with Gasteiger partial charge < -0.3 is 19.9 Å². The Bertz CT molecular complexity index is 810. The van der Waals surface area contributed by atoms with Crippen molar-refractivity contribution in [1.82, 2.24) is 0 Å². The number of benzene rings is 2. The van der Waals surface area contributed by atoms with Crippen LogP contribution in [0.3, 0.4) is 0 Å². The van der Waals surface area contributed by atoms with Crippen molar-refractivity contribution in [3.8, 4) is 11.5 Å². The molecule has 2 aromatic carbocycles. The molecule has 1 aliphatic heterocycles. The topological polar surface area (TPSA) is 84.9 Å². The molecular formula is C20H21NO5S. The molecule has 0 unspecified atom stereocenters. The SMILES string of the molecule is O=C(O)CCCCC(=O)Nc1cc2c(cc1Sc1ccccc1)OCCO2. The smallest absolute Gasteiger partial charge is 0.303 e. The number of carbonyl (C=O) groups excluding carboxylic acids is 1. The van der Waals surface area contributed by atoms with Crippen molar-refractivity contribution in [3.63, 3.8) is 0 Å². The van der Waals surface area contributed by atoms with E-state index in [9.17, 15) is 9.59 Å². The van der Waals surface area contributed by atoms with Crippen LogP contribution in [0, 0.1) is 0 Å². The van der Waals surface area contributed by atoms with Gasteiger partial charge in [0.15, 0.2) is 11.5 Å². The van der Waals surface area contributed by atoms with Crippen LogP contribution in [0.25, 0.3) is 0 Å². The molecule has 0 fully saturated rings. The number of fused-ring (bicyclic) bond motifs is 1. The summed E-state index contributed by atoms with van der Waals surface area (Å²) in [6.07, 6.45) is 1.36. The summed E-state index contributed by atoms with van der Waals surface area (Å²) in [5.74, 6) is 0.287. The second-order valence-corrected chi connectivity index (χ2v) is 7.17. The Hall–Kier alpha value is -2.67. The van der Waals surface area contributed by atoms with Crippen LogP contribution in [0.1, 0.15) is 25.7 Å². The lowest BCUT2D eigenvalue weighted by Crippen LogP contribution is -2.17. The third-order valence-electron chi connectivity index (χ3n) is 3.93. The molecule has 0 aliphatic carbocycles. The van der Waals surface area contributed by atoms with Gasteiger partial charge in [0.1, 0.15) is 13.2 Å². The highest BCUT2D eigenvalue weighted by Gasteiger charge is 2.18. The molecule has 1 heterocycles. The maximum Gasteiger partial charge on any atom is 0.303 e. The lowest BCUT2D eigenvalue weighted by molar-refractivity contribution is -0.137. The lowest BCUT2D eigenvalue weighted by Gasteiger charge is -2.21. The fourth-order valence-corrected chi connectivity index (χ4v) is 3.58. The quantitative estimate of drug-likeness (QED) is 0.661. The molecule has 2 N–H and O–H groups in total. The monoisotopic (exact) mass is 387 g/mol. The number of hydrogen-bond acceptors (Lipinski definition) is 5. The minimum absolute atomic E-state index is 0.0758. The van der Waals surface area contributed by atoms with E-state index in [0.717, 1.165) is 9.79 Å². The number of aliphatic carboxylic acids is 1. The molecule has 2 aromatic rings. The number of carbonyl (C=O) groups is 2. The van der Waals surface area contributed by atoms with Gasteiger partial charge in [0.05, 0.1) is 5.69 Å². The molecule has 7 heteroatoms. The number of carboxylic acid groups (broad SMARTS) is 1. The third kappa shape index (κ3) is 5.65. The van der Waals surface area contributed by atoms with Gasteiger partial charge in [0.2, 0.25) is 5.91 Å². The average molecular weight is 387 g/mol. The van der Waals surface area contributed by atoms with Crippen LogP contribution in [-0.4, -0.2) is 30.2 Å². The van der Waals surface area contributed by atoms with Gasteiger partial charge in [-0.05, 0) is 25.0 Å². The van der Waals surface area contributed by atoms with Crippen molar-refractivity contribution in [2.24, 2.45) is 0 Å². The maximum absolute atomic E-state index is 12.3. The number of rotatable bonds is 8. The number of unbranched alkanes of at least 4 members (excludes halogenated alkanes) is 1. The van der Waals surface area contributed by atoms with Crippen molar-refractivity contribution < 1.29 is 24.2 Å². The summed E-state index contributed by atoms with van der Waals surface area (Å²) in [5.41, 5.74) is 0.663. The molecular weight excluding hydrogens is 366 g/mol. The van der Waals surface area contributed by atoms with Gasteiger partial charge in [-0.1, -0.05) is 30.0 Å². The second kappa shape index (κ2) is 9.32. The second-order valence-electron chi connectivity index (χ2n) is 6.06. The number of amides is 1. The van der Waals surface area contributed by atoms with Crippen LogP contribution in [0.4, 0.5) is 5.69 Å². The molecule has 1 aliphatic rings. The van der Waals surface area contributed by atoms with E-state index in [1.54, 1.807) is 6.07 Å². The van der Waals surface area contributed by atoms with Gasteiger partial charge in [0.25, 0.3) is 0 Å². The van der Waals surface area contributed by atoms with E-state index in [4.69, 9.17) is 14.6 Å². The molecule has 6 nitrogen and oxygen atoms in total. The predicted octanol–water partition coefficient (Wildman–Crippen LogP) is 4.19. The number of carboxylic acids is 1. The number of anilines is 1. The van der Waals surface area contributed by atoms with Crippen molar-refractivity contribution in [1.29, 1.82) is 0 Å². The molecule has 0 saturated carbocycles. The fraction of sp³-hybridized carbons (Fsp3) is 0.300. The van der Waals surface area contributed by atoms with E-state index in [-0.39, 0.29) is 18.7 Å². The van der Waals surface area contributed by atoms with E-state index in [1.807, 2.05) is 36.4 Å². The summed E-state index contributed by atoms with van der Waals surface area (Å²) in [6.45, 7) is 0.971. The first-order valence-corrected chi connectivity index (χ1v) is 9.61. The standard InChI is InChI=1S/C20H21NO5S/c22-19(8-4-5-9-20(23)24)21-15-12-16-17(26-11-10-25-16)13-18(15)27-14-6-2-1-3-7-14/h1-3,6-7,12-13H,4-5,8-11H2,(H,21,22)(H,23,24).